The number of carbonyl (C=O) groups is 2. The highest BCUT2D eigenvalue weighted by Gasteiger charge is 2.29. The molecule has 0 radical (unpaired) electrons. The van der Waals surface area contributed by atoms with Gasteiger partial charge in [-0.25, -0.2) is 4.98 Å². The third kappa shape index (κ3) is 3.59. The van der Waals surface area contributed by atoms with Gasteiger partial charge >= 0.3 is 0 Å². The molecule has 1 saturated carbocycles. The standard InChI is InChI=1S/C20H25N3O3/c24-19(13-15-6-7-17-18(12-15)26-14-21-17)22-8-10-23(11-9-22)20(25)16-4-2-1-3-5-16/h6-7,12,14,16H,1-5,8-11,13H2. The number of aromatic nitrogens is 1. The topological polar surface area (TPSA) is 66.7 Å². The summed E-state index contributed by atoms with van der Waals surface area (Å²) in [7, 11) is 0. The summed E-state index contributed by atoms with van der Waals surface area (Å²) in [5, 5.41) is 0. The molecule has 6 heteroatoms. The SMILES string of the molecule is O=C(Cc1ccc2ncoc2c1)N1CCN(C(=O)C2CCCCC2)CC1. The number of benzene rings is 1. The molecule has 138 valence electrons. The molecule has 0 atom stereocenters. The van der Waals surface area contributed by atoms with Gasteiger partial charge in [-0.2, -0.15) is 0 Å². The lowest BCUT2D eigenvalue weighted by Crippen LogP contribution is -2.52. The molecule has 2 aliphatic rings. The molecule has 1 saturated heterocycles. The molecule has 2 fully saturated rings. The van der Waals surface area contributed by atoms with E-state index in [9.17, 15) is 9.59 Å². The lowest BCUT2D eigenvalue weighted by Gasteiger charge is -2.37. The van der Waals surface area contributed by atoms with Crippen molar-refractivity contribution in [3.05, 3.63) is 30.2 Å². The molecule has 4 rings (SSSR count). The Labute approximate surface area is 153 Å². The second-order valence-electron chi connectivity index (χ2n) is 7.37. The molecule has 1 aliphatic heterocycles. The maximum atomic E-state index is 12.6. The van der Waals surface area contributed by atoms with Crippen molar-refractivity contribution in [1.29, 1.82) is 0 Å². The molecule has 2 heterocycles. The molecular weight excluding hydrogens is 330 g/mol. The molecule has 1 aliphatic carbocycles. The average Bonchev–Trinajstić information content (AvgIpc) is 3.16. The van der Waals surface area contributed by atoms with E-state index in [2.05, 4.69) is 4.98 Å². The van der Waals surface area contributed by atoms with E-state index in [1.54, 1.807) is 0 Å². The van der Waals surface area contributed by atoms with E-state index >= 15 is 0 Å². The van der Waals surface area contributed by atoms with Crippen molar-refractivity contribution in [3.63, 3.8) is 0 Å². The molecule has 1 aromatic heterocycles. The van der Waals surface area contributed by atoms with Gasteiger partial charge in [0.2, 0.25) is 11.8 Å². The van der Waals surface area contributed by atoms with E-state index in [-0.39, 0.29) is 11.8 Å². The van der Waals surface area contributed by atoms with Crippen LogP contribution in [-0.4, -0.2) is 52.8 Å². The highest BCUT2D eigenvalue weighted by atomic mass is 16.3. The Hall–Kier alpha value is -2.37. The van der Waals surface area contributed by atoms with Gasteiger partial charge in [-0.15, -0.1) is 0 Å². The minimum atomic E-state index is 0.105. The minimum absolute atomic E-state index is 0.105. The van der Waals surface area contributed by atoms with Crippen LogP contribution in [0.15, 0.2) is 29.0 Å². The fourth-order valence-electron chi connectivity index (χ4n) is 4.08. The van der Waals surface area contributed by atoms with Crippen molar-refractivity contribution in [2.45, 2.75) is 38.5 Å². The molecule has 0 N–H and O–H groups in total. The van der Waals surface area contributed by atoms with E-state index in [1.807, 2.05) is 28.0 Å². The van der Waals surface area contributed by atoms with E-state index in [0.717, 1.165) is 23.9 Å². The molecular formula is C20H25N3O3. The third-order valence-electron chi connectivity index (χ3n) is 5.65. The molecule has 26 heavy (non-hydrogen) atoms. The normalized spacial score (nSPS) is 19.1. The number of amides is 2. The zero-order valence-electron chi connectivity index (χ0n) is 15.0. The van der Waals surface area contributed by atoms with Gasteiger partial charge < -0.3 is 14.2 Å². The number of fused-ring (bicyclic) bond motifs is 1. The first-order chi connectivity index (χ1) is 12.7. The second-order valence-corrected chi connectivity index (χ2v) is 7.37. The van der Waals surface area contributed by atoms with Gasteiger partial charge in [0, 0.05) is 32.1 Å². The number of hydrogen-bond donors (Lipinski definition) is 0. The quantitative estimate of drug-likeness (QED) is 0.849. The van der Waals surface area contributed by atoms with Crippen LogP contribution < -0.4 is 0 Å². The van der Waals surface area contributed by atoms with E-state index in [1.165, 1.54) is 25.7 Å². The average molecular weight is 355 g/mol. The summed E-state index contributed by atoms with van der Waals surface area (Å²) in [6.07, 6.45) is 7.43. The second kappa shape index (κ2) is 7.48. The van der Waals surface area contributed by atoms with Gasteiger partial charge in [0.1, 0.15) is 5.52 Å². The summed E-state index contributed by atoms with van der Waals surface area (Å²) >= 11 is 0. The van der Waals surface area contributed by atoms with Crippen molar-refractivity contribution < 1.29 is 14.0 Å². The molecule has 6 nitrogen and oxygen atoms in total. The van der Waals surface area contributed by atoms with E-state index in [4.69, 9.17) is 4.42 Å². The zero-order chi connectivity index (χ0) is 17.9. The Kier molecular flexibility index (Phi) is 4.91. The maximum absolute atomic E-state index is 12.6. The first-order valence-electron chi connectivity index (χ1n) is 9.59. The van der Waals surface area contributed by atoms with Crippen LogP contribution in [0.2, 0.25) is 0 Å². The van der Waals surface area contributed by atoms with Crippen molar-refractivity contribution in [1.82, 2.24) is 14.8 Å². The van der Waals surface area contributed by atoms with Gasteiger partial charge in [0.05, 0.1) is 6.42 Å². The van der Waals surface area contributed by atoms with Crippen LogP contribution in [0.1, 0.15) is 37.7 Å². The molecule has 2 aromatic rings. The first-order valence-corrected chi connectivity index (χ1v) is 9.59. The zero-order valence-corrected chi connectivity index (χ0v) is 15.0. The van der Waals surface area contributed by atoms with Gasteiger partial charge in [0.25, 0.3) is 0 Å². The van der Waals surface area contributed by atoms with Gasteiger partial charge in [0.15, 0.2) is 12.0 Å². The molecule has 0 spiro atoms. The predicted octanol–water partition coefficient (Wildman–Crippen LogP) is 2.62. The number of rotatable bonds is 3. The smallest absolute Gasteiger partial charge is 0.227 e. The summed E-state index contributed by atoms with van der Waals surface area (Å²) in [6, 6.07) is 5.68. The third-order valence-corrected chi connectivity index (χ3v) is 5.65. The van der Waals surface area contributed by atoms with Gasteiger partial charge in [-0.1, -0.05) is 25.3 Å². The molecule has 0 bridgehead atoms. The monoisotopic (exact) mass is 355 g/mol. The fourth-order valence-corrected chi connectivity index (χ4v) is 4.08. The Balaban J connectivity index is 1.30. The van der Waals surface area contributed by atoms with Crippen LogP contribution >= 0.6 is 0 Å². The van der Waals surface area contributed by atoms with Crippen molar-refractivity contribution in [3.8, 4) is 0 Å². The van der Waals surface area contributed by atoms with Gasteiger partial charge in [-0.3, -0.25) is 9.59 Å². The molecule has 2 amide bonds. The Bertz CT molecular complexity index is 786. The lowest BCUT2D eigenvalue weighted by molar-refractivity contribution is -0.142. The summed E-state index contributed by atoms with van der Waals surface area (Å²) in [4.78, 5) is 33.1. The summed E-state index contributed by atoms with van der Waals surface area (Å²) < 4.78 is 5.30. The van der Waals surface area contributed by atoms with Gasteiger partial charge in [-0.05, 0) is 30.5 Å². The molecule has 0 unspecified atom stereocenters. The van der Waals surface area contributed by atoms with Crippen molar-refractivity contribution in [2.24, 2.45) is 5.92 Å². The number of nitrogens with zero attached hydrogens (tertiary/aromatic N) is 3. The number of hydrogen-bond acceptors (Lipinski definition) is 4. The fraction of sp³-hybridized carbons (Fsp3) is 0.550. The van der Waals surface area contributed by atoms with Crippen LogP contribution in [0.4, 0.5) is 0 Å². The highest BCUT2D eigenvalue weighted by molar-refractivity contribution is 5.82. The van der Waals surface area contributed by atoms with Crippen molar-refractivity contribution >= 4 is 22.9 Å². The summed E-state index contributed by atoms with van der Waals surface area (Å²) in [6.45, 7) is 2.56. The van der Waals surface area contributed by atoms with Crippen LogP contribution in [0.3, 0.4) is 0 Å². The van der Waals surface area contributed by atoms with Crippen LogP contribution in [0.5, 0.6) is 0 Å². The Morgan fingerprint density at radius 3 is 2.54 bits per heavy atom. The largest absolute Gasteiger partial charge is 0.443 e. The first kappa shape index (κ1) is 17.1. The maximum Gasteiger partial charge on any atom is 0.227 e. The van der Waals surface area contributed by atoms with E-state index < -0.39 is 0 Å². The van der Waals surface area contributed by atoms with Crippen molar-refractivity contribution in [2.75, 3.05) is 26.2 Å². The summed E-state index contributed by atoms with van der Waals surface area (Å²) in [5.41, 5.74) is 2.44. The van der Waals surface area contributed by atoms with E-state index in [0.29, 0.717) is 44.1 Å². The number of carbonyl (C=O) groups excluding carboxylic acids is 2. The molecule has 1 aromatic carbocycles. The van der Waals surface area contributed by atoms with Crippen LogP contribution in [0, 0.1) is 5.92 Å². The van der Waals surface area contributed by atoms with Crippen LogP contribution in [-0.2, 0) is 16.0 Å². The minimum Gasteiger partial charge on any atom is -0.443 e. The Morgan fingerprint density at radius 1 is 1.04 bits per heavy atom. The predicted molar refractivity (Wildman–Crippen MR) is 97.4 cm³/mol. The Morgan fingerprint density at radius 2 is 1.77 bits per heavy atom. The highest BCUT2D eigenvalue weighted by Crippen LogP contribution is 2.26. The number of piperazine rings is 1. The summed E-state index contributed by atoms with van der Waals surface area (Å²) in [5.74, 6) is 0.612. The lowest BCUT2D eigenvalue weighted by atomic mass is 9.88. The number of oxazole rings is 1. The van der Waals surface area contributed by atoms with Crippen LogP contribution in [0.25, 0.3) is 11.1 Å².